The van der Waals surface area contributed by atoms with Gasteiger partial charge in [0.2, 0.25) is 0 Å². The van der Waals surface area contributed by atoms with E-state index in [1.54, 1.807) is 0 Å². The van der Waals surface area contributed by atoms with Crippen molar-refractivity contribution in [2.45, 2.75) is 52.6 Å². The second-order valence-electron chi connectivity index (χ2n) is 5.72. The predicted molar refractivity (Wildman–Crippen MR) is 70.6 cm³/mol. The Labute approximate surface area is 101 Å². The minimum atomic E-state index is 0.621. The lowest BCUT2D eigenvalue weighted by Gasteiger charge is -2.33. The first-order valence-corrected chi connectivity index (χ1v) is 6.77. The van der Waals surface area contributed by atoms with Crippen molar-refractivity contribution in [3.8, 4) is 0 Å². The van der Waals surface area contributed by atoms with E-state index in [0.29, 0.717) is 6.04 Å². The van der Waals surface area contributed by atoms with Crippen molar-refractivity contribution in [3.63, 3.8) is 0 Å². The van der Waals surface area contributed by atoms with Crippen LogP contribution in [-0.2, 0) is 0 Å². The molecule has 1 fully saturated rings. The van der Waals surface area contributed by atoms with Crippen molar-refractivity contribution < 1.29 is 0 Å². The Balaban J connectivity index is 2.07. The van der Waals surface area contributed by atoms with Gasteiger partial charge in [-0.15, -0.1) is 0 Å². The Bertz CT molecular complexity index is 172. The Morgan fingerprint density at radius 1 is 1.12 bits per heavy atom. The lowest BCUT2D eigenvalue weighted by molar-refractivity contribution is 0.179. The normalized spacial score (nSPS) is 19.9. The van der Waals surface area contributed by atoms with E-state index in [1.807, 2.05) is 0 Å². The summed E-state index contributed by atoms with van der Waals surface area (Å²) < 4.78 is 0. The SMILES string of the molecule is CC(C)CNCN1CCC(NC(C)C)CC1. The Morgan fingerprint density at radius 2 is 1.75 bits per heavy atom. The molecule has 1 aliphatic rings. The maximum atomic E-state index is 3.63. The number of likely N-dealkylation sites (tertiary alicyclic amines) is 1. The van der Waals surface area contributed by atoms with E-state index in [2.05, 4.69) is 43.2 Å². The van der Waals surface area contributed by atoms with Gasteiger partial charge in [-0.3, -0.25) is 4.90 Å². The molecule has 0 atom stereocenters. The summed E-state index contributed by atoms with van der Waals surface area (Å²) >= 11 is 0. The molecule has 0 radical (unpaired) electrons. The van der Waals surface area contributed by atoms with Crippen molar-refractivity contribution in [1.29, 1.82) is 0 Å². The van der Waals surface area contributed by atoms with Crippen molar-refractivity contribution >= 4 is 0 Å². The zero-order valence-corrected chi connectivity index (χ0v) is 11.4. The predicted octanol–water partition coefficient (Wildman–Crippen LogP) is 1.65. The van der Waals surface area contributed by atoms with Crippen LogP contribution in [0.5, 0.6) is 0 Å². The number of nitrogens with one attached hydrogen (secondary N) is 2. The fourth-order valence-corrected chi connectivity index (χ4v) is 2.24. The first-order valence-electron chi connectivity index (χ1n) is 6.77. The molecule has 0 aromatic heterocycles. The second-order valence-corrected chi connectivity index (χ2v) is 5.72. The average molecular weight is 227 g/mol. The van der Waals surface area contributed by atoms with Crippen LogP contribution >= 0.6 is 0 Å². The van der Waals surface area contributed by atoms with Crippen molar-refractivity contribution in [2.75, 3.05) is 26.3 Å². The average Bonchev–Trinajstić information content (AvgIpc) is 2.19. The monoisotopic (exact) mass is 227 g/mol. The molecule has 96 valence electrons. The fraction of sp³-hybridized carbons (Fsp3) is 1.00. The number of hydrogen-bond donors (Lipinski definition) is 2. The van der Waals surface area contributed by atoms with Crippen LogP contribution in [0.1, 0.15) is 40.5 Å². The summed E-state index contributed by atoms with van der Waals surface area (Å²) in [7, 11) is 0. The van der Waals surface area contributed by atoms with E-state index in [-0.39, 0.29) is 0 Å². The molecule has 16 heavy (non-hydrogen) atoms. The van der Waals surface area contributed by atoms with Gasteiger partial charge < -0.3 is 10.6 Å². The van der Waals surface area contributed by atoms with Crippen LogP contribution in [0.3, 0.4) is 0 Å². The van der Waals surface area contributed by atoms with Crippen LogP contribution in [0.15, 0.2) is 0 Å². The van der Waals surface area contributed by atoms with Crippen molar-refractivity contribution in [3.05, 3.63) is 0 Å². The molecular weight excluding hydrogens is 198 g/mol. The second kappa shape index (κ2) is 7.25. The van der Waals surface area contributed by atoms with E-state index in [4.69, 9.17) is 0 Å². The zero-order valence-electron chi connectivity index (χ0n) is 11.4. The highest BCUT2D eigenvalue weighted by molar-refractivity contribution is 4.77. The van der Waals surface area contributed by atoms with Crippen molar-refractivity contribution in [2.24, 2.45) is 5.92 Å². The molecule has 0 saturated carbocycles. The highest BCUT2D eigenvalue weighted by Gasteiger charge is 2.18. The summed E-state index contributed by atoms with van der Waals surface area (Å²) in [6, 6.07) is 1.36. The van der Waals surface area contributed by atoms with E-state index in [0.717, 1.165) is 25.2 Å². The minimum absolute atomic E-state index is 0.621. The summed E-state index contributed by atoms with van der Waals surface area (Å²) in [5.74, 6) is 0.750. The molecule has 0 amide bonds. The van der Waals surface area contributed by atoms with Gasteiger partial charge >= 0.3 is 0 Å². The molecule has 0 spiro atoms. The molecule has 1 heterocycles. The highest BCUT2D eigenvalue weighted by atomic mass is 15.2. The van der Waals surface area contributed by atoms with Crippen LogP contribution < -0.4 is 10.6 Å². The first-order chi connectivity index (χ1) is 7.58. The van der Waals surface area contributed by atoms with E-state index in [9.17, 15) is 0 Å². The van der Waals surface area contributed by atoms with Gasteiger partial charge in [-0.2, -0.15) is 0 Å². The summed E-state index contributed by atoms with van der Waals surface area (Å²) in [5.41, 5.74) is 0. The maximum Gasteiger partial charge on any atom is 0.0480 e. The lowest BCUT2D eigenvalue weighted by Crippen LogP contribution is -2.47. The van der Waals surface area contributed by atoms with Gasteiger partial charge in [-0.25, -0.2) is 0 Å². The van der Waals surface area contributed by atoms with Gasteiger partial charge in [0.1, 0.15) is 0 Å². The van der Waals surface area contributed by atoms with Crippen LogP contribution in [0.2, 0.25) is 0 Å². The van der Waals surface area contributed by atoms with Crippen LogP contribution in [-0.4, -0.2) is 43.3 Å². The van der Waals surface area contributed by atoms with Crippen molar-refractivity contribution in [1.82, 2.24) is 15.5 Å². The van der Waals surface area contributed by atoms with Gasteiger partial charge in [0, 0.05) is 31.8 Å². The Kier molecular flexibility index (Phi) is 6.32. The first kappa shape index (κ1) is 13.9. The summed E-state index contributed by atoms with van der Waals surface area (Å²) in [4.78, 5) is 2.53. The molecule has 3 heteroatoms. The molecule has 1 saturated heterocycles. The standard InChI is InChI=1S/C13H29N3/c1-11(2)9-14-10-16-7-5-13(6-8-16)15-12(3)4/h11-15H,5-10H2,1-4H3. The molecule has 0 aliphatic carbocycles. The largest absolute Gasteiger partial charge is 0.312 e. The molecule has 0 bridgehead atoms. The summed E-state index contributed by atoms with van der Waals surface area (Å²) in [6.07, 6.45) is 2.59. The number of piperidine rings is 1. The lowest BCUT2D eigenvalue weighted by atomic mass is 10.0. The zero-order chi connectivity index (χ0) is 12.0. The van der Waals surface area contributed by atoms with Gasteiger partial charge in [0.15, 0.2) is 0 Å². The summed E-state index contributed by atoms with van der Waals surface area (Å²) in [5, 5.41) is 7.15. The smallest absolute Gasteiger partial charge is 0.0480 e. The Hall–Kier alpha value is -0.120. The third kappa shape index (κ3) is 5.83. The topological polar surface area (TPSA) is 27.3 Å². The fourth-order valence-electron chi connectivity index (χ4n) is 2.24. The number of rotatable bonds is 6. The van der Waals surface area contributed by atoms with Gasteiger partial charge in [-0.05, 0) is 25.3 Å². The van der Waals surface area contributed by atoms with E-state index < -0.39 is 0 Å². The van der Waals surface area contributed by atoms with Gasteiger partial charge in [0.05, 0.1) is 0 Å². The molecule has 1 aliphatic heterocycles. The quantitative estimate of drug-likeness (QED) is 0.722. The van der Waals surface area contributed by atoms with Gasteiger partial charge in [-0.1, -0.05) is 27.7 Å². The van der Waals surface area contributed by atoms with E-state index in [1.165, 1.54) is 25.9 Å². The molecule has 0 aromatic rings. The third-order valence-electron chi connectivity index (χ3n) is 3.04. The minimum Gasteiger partial charge on any atom is -0.312 e. The van der Waals surface area contributed by atoms with Crippen LogP contribution in [0.4, 0.5) is 0 Å². The summed E-state index contributed by atoms with van der Waals surface area (Å²) in [6.45, 7) is 13.6. The molecule has 0 aromatic carbocycles. The highest BCUT2D eigenvalue weighted by Crippen LogP contribution is 2.09. The number of hydrogen-bond acceptors (Lipinski definition) is 3. The van der Waals surface area contributed by atoms with Crippen LogP contribution in [0, 0.1) is 5.92 Å². The molecule has 2 N–H and O–H groups in total. The molecule has 3 nitrogen and oxygen atoms in total. The van der Waals surface area contributed by atoms with Crippen LogP contribution in [0.25, 0.3) is 0 Å². The number of nitrogens with zero attached hydrogens (tertiary/aromatic N) is 1. The molecular formula is C13H29N3. The maximum absolute atomic E-state index is 3.63. The Morgan fingerprint density at radius 3 is 2.25 bits per heavy atom. The van der Waals surface area contributed by atoms with E-state index >= 15 is 0 Å². The molecule has 1 rings (SSSR count). The molecule has 0 unspecified atom stereocenters. The third-order valence-corrected chi connectivity index (χ3v) is 3.04. The van der Waals surface area contributed by atoms with Gasteiger partial charge in [0.25, 0.3) is 0 Å².